The van der Waals surface area contributed by atoms with Gasteiger partial charge in [-0.3, -0.25) is 49.0 Å². The Labute approximate surface area is 503 Å². The molecule has 0 aromatic rings. The van der Waals surface area contributed by atoms with Crippen LogP contribution >= 0.6 is 0 Å². The predicted molar refractivity (Wildman–Crippen MR) is 310 cm³/mol. The Bertz CT molecular complexity index is 2000. The van der Waals surface area contributed by atoms with Gasteiger partial charge in [0.2, 0.25) is 41.4 Å². The number of carbonyl (C=O) groups excluding carboxylic acids is 7. The number of unbranched alkanes of at least 4 members (excludes halogenated alkanes) is 14. The largest absolute Gasteiger partial charge is 0.481 e. The first-order valence-electron chi connectivity index (χ1n) is 29.5. The maximum absolute atomic E-state index is 12.4. The summed E-state index contributed by atoms with van der Waals surface area (Å²) < 4.78 is 21.2. The number of nitrogens with two attached hydrogens (primary N) is 3. The van der Waals surface area contributed by atoms with E-state index in [4.69, 9.17) is 46.5 Å². The number of hydrazine groups is 1. The summed E-state index contributed by atoms with van der Waals surface area (Å²) >= 11 is 0. The van der Waals surface area contributed by atoms with Crippen molar-refractivity contribution in [2.24, 2.45) is 17.3 Å². The minimum atomic E-state index is -1.49. The van der Waals surface area contributed by atoms with E-state index in [9.17, 15) is 72.9 Å². The van der Waals surface area contributed by atoms with Crippen molar-refractivity contribution in [1.29, 1.82) is 0 Å². The third-order valence-corrected chi connectivity index (χ3v) is 12.6. The number of carbonyl (C=O) groups is 12. The lowest BCUT2D eigenvalue weighted by Gasteiger charge is -2.17. The Kier molecular flexibility index (Phi) is 49.9. The summed E-state index contributed by atoms with van der Waals surface area (Å²) in [7, 11) is 0. The number of amides is 7. The lowest BCUT2D eigenvalue weighted by atomic mass is 10.0. The molecule has 0 saturated carbocycles. The Morgan fingerprint density at radius 3 is 1.10 bits per heavy atom. The summed E-state index contributed by atoms with van der Waals surface area (Å²) in [5.41, 5.74) is 11.5. The number of primary amides is 1. The van der Waals surface area contributed by atoms with Crippen LogP contribution in [0.2, 0.25) is 0 Å². The van der Waals surface area contributed by atoms with E-state index >= 15 is 0 Å². The van der Waals surface area contributed by atoms with E-state index in [1.54, 1.807) is 0 Å². The fraction of sp³-hybridized carbons (Fsp3) is 0.782. The van der Waals surface area contributed by atoms with Crippen molar-refractivity contribution in [2.45, 2.75) is 204 Å². The van der Waals surface area contributed by atoms with E-state index in [1.165, 1.54) is 46.0 Å². The molecular weight excluding hydrogens is 1140 g/mol. The van der Waals surface area contributed by atoms with E-state index in [0.29, 0.717) is 25.7 Å². The van der Waals surface area contributed by atoms with Gasteiger partial charge in [0.25, 0.3) is 0 Å². The molecule has 31 nitrogen and oxygen atoms in total. The molecule has 1 unspecified atom stereocenters. The number of hydrogen-bond donors (Lipinski definition) is 15. The number of ether oxygens (including phenoxy) is 4. The average Bonchev–Trinajstić information content (AvgIpc) is 3.53. The van der Waals surface area contributed by atoms with Crippen molar-refractivity contribution >= 4 is 71.2 Å². The van der Waals surface area contributed by atoms with Crippen LogP contribution in [0.1, 0.15) is 174 Å². The molecule has 0 aliphatic carbocycles. The highest BCUT2D eigenvalue weighted by atomic mass is 16.5. The number of carboxylic acid groups (broad SMARTS) is 5. The van der Waals surface area contributed by atoms with Gasteiger partial charge in [-0.2, -0.15) is 0 Å². The Balaban J connectivity index is 0. The molecule has 0 aromatic heterocycles. The van der Waals surface area contributed by atoms with Gasteiger partial charge in [-0.15, -0.1) is 0 Å². The summed E-state index contributed by atoms with van der Waals surface area (Å²) in [6.07, 6.45) is 15.1. The highest BCUT2D eigenvalue weighted by Gasteiger charge is 2.26. The van der Waals surface area contributed by atoms with Crippen molar-refractivity contribution in [1.82, 2.24) is 37.3 Å². The Hall–Kier alpha value is -6.64. The standard InChI is InChI=1S/C51H91N9O19.C4H9NO2/c52-48(69)37(60-53)17-15-16-26-54-41(61)23-20-39(50(72)73)58-44(64)25-22-40(51(74)75)59-46(66)36-79-34-32-77-30-28-56-45(65)35-78-33-31-76-29-27-55-42(62)24-21-38(49(70)71)57-43(63)18-13-11-9-7-5-3-1-2-4-6-8-10-12-14-19-47(67)68;1-4(2,5)3(6)7/h37-40,60H,1-36,53H2,(H2,52,69)(H,54,61)(H,55,62)(H,56,65)(H,57,63)(H,58,64)(H,59,66)(H,67,68)(H,70,71)(H,72,73)(H,74,75);5H2,1-2H3,(H,6,7)/t37-,38-,39-,40?;/m0./s1. The van der Waals surface area contributed by atoms with Crippen LogP contribution in [0, 0.1) is 0 Å². The van der Waals surface area contributed by atoms with Gasteiger partial charge < -0.3 is 87.8 Å². The monoisotopic (exact) mass is 1240 g/mol. The molecule has 0 bridgehead atoms. The van der Waals surface area contributed by atoms with E-state index < -0.39 is 108 Å². The fourth-order valence-electron chi connectivity index (χ4n) is 7.58. The first kappa shape index (κ1) is 81.4. The van der Waals surface area contributed by atoms with Crippen molar-refractivity contribution < 1.29 is 102 Å². The zero-order valence-electron chi connectivity index (χ0n) is 50.3. The minimum absolute atomic E-state index is 0.0340. The molecule has 0 heterocycles. The molecule has 0 fully saturated rings. The number of hydrogen-bond acceptors (Lipinski definition) is 19. The predicted octanol–water partition coefficient (Wildman–Crippen LogP) is 0.0722. The second-order valence-electron chi connectivity index (χ2n) is 20.9. The molecule has 0 aliphatic heterocycles. The van der Waals surface area contributed by atoms with E-state index in [1.807, 2.05) is 0 Å². The Morgan fingerprint density at radius 2 is 0.721 bits per heavy atom. The number of nitrogens with one attached hydrogen (secondary N) is 7. The summed E-state index contributed by atoms with van der Waals surface area (Å²) in [5.74, 6) is -4.37. The third kappa shape index (κ3) is 51.8. The molecule has 0 aromatic carbocycles. The van der Waals surface area contributed by atoms with Crippen LogP contribution < -0.4 is 54.6 Å². The lowest BCUT2D eigenvalue weighted by molar-refractivity contribution is -0.144. The molecule has 0 rings (SSSR count). The molecule has 86 heavy (non-hydrogen) atoms. The van der Waals surface area contributed by atoms with Gasteiger partial charge >= 0.3 is 29.8 Å². The third-order valence-electron chi connectivity index (χ3n) is 12.6. The molecule has 0 aliphatic rings. The van der Waals surface area contributed by atoms with Crippen LogP contribution in [0.3, 0.4) is 0 Å². The number of rotatable bonds is 56. The molecule has 7 amide bonds. The molecule has 0 saturated heterocycles. The zero-order chi connectivity index (χ0) is 65.0. The van der Waals surface area contributed by atoms with E-state index in [-0.39, 0.29) is 117 Å². The topological polar surface area (TPSA) is 505 Å². The second-order valence-corrected chi connectivity index (χ2v) is 20.9. The maximum Gasteiger partial charge on any atom is 0.326 e. The first-order valence-corrected chi connectivity index (χ1v) is 29.5. The van der Waals surface area contributed by atoms with Gasteiger partial charge in [-0.25, -0.2) is 19.8 Å². The quantitative estimate of drug-likeness (QED) is 0.0218. The first-order chi connectivity index (χ1) is 40.8. The average molecular weight is 1240 g/mol. The van der Waals surface area contributed by atoms with Crippen molar-refractivity contribution in [3.63, 3.8) is 0 Å². The lowest BCUT2D eigenvalue weighted by Crippen LogP contribution is -2.45. The van der Waals surface area contributed by atoms with Crippen LogP contribution in [0.15, 0.2) is 0 Å². The fourth-order valence-corrected chi connectivity index (χ4v) is 7.58. The summed E-state index contributed by atoms with van der Waals surface area (Å²) in [6, 6.07) is -4.81. The van der Waals surface area contributed by atoms with Crippen molar-refractivity contribution in [3.05, 3.63) is 0 Å². The van der Waals surface area contributed by atoms with Crippen LogP contribution in [-0.4, -0.2) is 199 Å². The smallest absolute Gasteiger partial charge is 0.326 e. The summed E-state index contributed by atoms with van der Waals surface area (Å²) in [4.78, 5) is 140. The van der Waals surface area contributed by atoms with E-state index in [0.717, 1.165) is 51.4 Å². The normalized spacial score (nSPS) is 12.4. The second kappa shape index (κ2) is 52.7. The van der Waals surface area contributed by atoms with Gasteiger partial charge in [0.15, 0.2) is 0 Å². The van der Waals surface area contributed by atoms with Crippen LogP contribution in [0.25, 0.3) is 0 Å². The minimum Gasteiger partial charge on any atom is -0.481 e. The molecule has 31 heteroatoms. The van der Waals surface area contributed by atoms with E-state index in [2.05, 4.69) is 37.3 Å². The Morgan fingerprint density at radius 1 is 0.384 bits per heavy atom. The molecule has 0 spiro atoms. The molecule has 18 N–H and O–H groups in total. The molecule has 496 valence electrons. The van der Waals surface area contributed by atoms with Crippen LogP contribution in [-0.2, 0) is 76.5 Å². The van der Waals surface area contributed by atoms with Crippen molar-refractivity contribution in [3.8, 4) is 0 Å². The van der Waals surface area contributed by atoms with Crippen LogP contribution in [0.4, 0.5) is 0 Å². The van der Waals surface area contributed by atoms with Gasteiger partial charge in [0.05, 0.1) is 45.7 Å². The summed E-state index contributed by atoms with van der Waals surface area (Å²) in [6.45, 7) is 3.08. The van der Waals surface area contributed by atoms with Crippen LogP contribution in [0.5, 0.6) is 0 Å². The zero-order valence-corrected chi connectivity index (χ0v) is 50.3. The molecule has 0 radical (unpaired) electrons. The van der Waals surface area contributed by atoms with Crippen molar-refractivity contribution in [2.75, 3.05) is 72.5 Å². The highest BCUT2D eigenvalue weighted by Crippen LogP contribution is 2.14. The van der Waals surface area contributed by atoms with Gasteiger partial charge in [0, 0.05) is 51.7 Å². The molecule has 4 atom stereocenters. The number of aliphatic carboxylic acids is 5. The highest BCUT2D eigenvalue weighted by molar-refractivity contribution is 5.87. The summed E-state index contributed by atoms with van der Waals surface area (Å²) in [5, 5.41) is 60.2. The van der Waals surface area contributed by atoms with Gasteiger partial charge in [0.1, 0.15) is 36.9 Å². The molecular formula is C55H100N10O21. The number of carboxylic acids is 5. The SMILES string of the molecule is CC(C)(N)C(=O)O.NN[C@@H](CCCCNC(=O)CC[C@H](NC(=O)CCC(NC(=O)COCCOCCNC(=O)COCCOCCNC(=O)CC[C@H](NC(=O)CCCCCCCCCCCCCCCCC(=O)O)C(=O)O)C(=O)O)C(=O)O)C(N)=O. The van der Waals surface area contributed by atoms with Gasteiger partial charge in [-0.05, 0) is 65.2 Å². The maximum atomic E-state index is 12.4. The van der Waals surface area contributed by atoms with Gasteiger partial charge in [-0.1, -0.05) is 77.0 Å².